The first kappa shape index (κ1) is 18.1. The maximum atomic E-state index is 12.3. The summed E-state index contributed by atoms with van der Waals surface area (Å²) in [5.41, 5.74) is 1.12. The lowest BCUT2D eigenvalue weighted by Gasteiger charge is -2.27. The second-order valence-corrected chi connectivity index (χ2v) is 7.80. The van der Waals surface area contributed by atoms with Crippen LogP contribution in [-0.2, 0) is 6.42 Å². The summed E-state index contributed by atoms with van der Waals surface area (Å²) in [6, 6.07) is 7.81. The summed E-state index contributed by atoms with van der Waals surface area (Å²) in [7, 11) is 0. The summed E-state index contributed by atoms with van der Waals surface area (Å²) in [6.07, 6.45) is 1.37. The first-order valence-corrected chi connectivity index (χ1v) is 8.60. The summed E-state index contributed by atoms with van der Waals surface area (Å²) < 4.78 is 0. The van der Waals surface area contributed by atoms with Crippen LogP contribution in [0.15, 0.2) is 24.3 Å². The van der Waals surface area contributed by atoms with Crippen molar-refractivity contribution < 1.29 is 9.90 Å². The fraction of sp³-hybridized carbons (Fsp3) is 0.611. The molecule has 1 heterocycles. The number of carbonyl (C=O) groups is 1. The molecule has 2 amide bonds. The Morgan fingerprint density at radius 1 is 1.52 bits per heavy atom. The zero-order chi connectivity index (χ0) is 17.0. The zero-order valence-electron chi connectivity index (χ0n) is 14.2. The van der Waals surface area contributed by atoms with Gasteiger partial charge in [-0.05, 0) is 42.9 Å². The Kier molecular flexibility index (Phi) is 5.93. The summed E-state index contributed by atoms with van der Waals surface area (Å²) in [5, 5.41) is 13.4. The van der Waals surface area contributed by atoms with Crippen LogP contribution in [0.25, 0.3) is 0 Å². The van der Waals surface area contributed by atoms with Crippen LogP contribution in [0.5, 0.6) is 0 Å². The molecule has 1 aliphatic rings. The van der Waals surface area contributed by atoms with E-state index in [-0.39, 0.29) is 23.5 Å². The van der Waals surface area contributed by atoms with Crippen LogP contribution in [0, 0.1) is 11.3 Å². The van der Waals surface area contributed by atoms with Crippen molar-refractivity contribution in [3.05, 3.63) is 34.9 Å². The molecule has 0 aliphatic carbocycles. The molecule has 23 heavy (non-hydrogen) atoms. The van der Waals surface area contributed by atoms with E-state index in [9.17, 15) is 9.90 Å². The van der Waals surface area contributed by atoms with E-state index in [0.29, 0.717) is 13.1 Å². The second kappa shape index (κ2) is 7.54. The van der Waals surface area contributed by atoms with Crippen LogP contribution in [0.3, 0.4) is 0 Å². The van der Waals surface area contributed by atoms with Crippen molar-refractivity contribution in [3.8, 4) is 0 Å². The van der Waals surface area contributed by atoms with Gasteiger partial charge in [-0.3, -0.25) is 0 Å². The van der Waals surface area contributed by atoms with Crippen molar-refractivity contribution in [2.24, 2.45) is 11.3 Å². The van der Waals surface area contributed by atoms with E-state index in [4.69, 9.17) is 11.6 Å². The Morgan fingerprint density at radius 3 is 2.87 bits per heavy atom. The molecule has 0 radical (unpaired) electrons. The molecule has 2 N–H and O–H groups in total. The summed E-state index contributed by atoms with van der Waals surface area (Å²) in [6.45, 7) is 8.02. The number of hydrogen-bond acceptors (Lipinski definition) is 2. The third-order valence-corrected chi connectivity index (χ3v) is 4.72. The van der Waals surface area contributed by atoms with E-state index in [1.165, 1.54) is 5.56 Å². The van der Waals surface area contributed by atoms with Gasteiger partial charge >= 0.3 is 6.03 Å². The number of nitrogens with zero attached hydrogens (tertiary/aromatic N) is 1. The van der Waals surface area contributed by atoms with Crippen molar-refractivity contribution in [1.29, 1.82) is 0 Å². The van der Waals surface area contributed by atoms with Crippen LogP contribution >= 0.6 is 11.6 Å². The molecule has 128 valence electrons. The Bertz CT molecular complexity index is 546. The fourth-order valence-electron chi connectivity index (χ4n) is 3.05. The highest BCUT2D eigenvalue weighted by Gasteiger charge is 2.29. The number of aliphatic hydroxyl groups excluding tert-OH is 1. The van der Waals surface area contributed by atoms with Crippen LogP contribution in [0.4, 0.5) is 4.79 Å². The lowest BCUT2D eigenvalue weighted by atomic mass is 9.86. The molecule has 0 saturated carbocycles. The number of halogens is 1. The molecule has 1 saturated heterocycles. The van der Waals surface area contributed by atoms with Gasteiger partial charge in [-0.2, -0.15) is 0 Å². The van der Waals surface area contributed by atoms with Crippen molar-refractivity contribution in [1.82, 2.24) is 10.2 Å². The molecule has 0 bridgehead atoms. The average Bonchev–Trinajstić information content (AvgIpc) is 2.94. The SMILES string of the molecule is C[C@@H](O)[C@H]1CCN(C(=O)NCC(C)(C)Cc2cccc(Cl)c2)C1. The van der Waals surface area contributed by atoms with E-state index in [1.54, 1.807) is 11.8 Å². The smallest absolute Gasteiger partial charge is 0.317 e. The largest absolute Gasteiger partial charge is 0.393 e. The van der Waals surface area contributed by atoms with Gasteiger partial charge in [-0.1, -0.05) is 37.6 Å². The van der Waals surface area contributed by atoms with Crippen molar-refractivity contribution in [2.75, 3.05) is 19.6 Å². The lowest BCUT2D eigenvalue weighted by Crippen LogP contribution is -2.43. The fourth-order valence-corrected chi connectivity index (χ4v) is 3.27. The van der Waals surface area contributed by atoms with Crippen LogP contribution in [0.1, 0.15) is 32.8 Å². The molecule has 1 aromatic carbocycles. The first-order valence-electron chi connectivity index (χ1n) is 8.22. The predicted molar refractivity (Wildman–Crippen MR) is 93.7 cm³/mol. The third-order valence-electron chi connectivity index (χ3n) is 4.48. The van der Waals surface area contributed by atoms with Gasteiger partial charge in [0.05, 0.1) is 6.10 Å². The van der Waals surface area contributed by atoms with Crippen LogP contribution in [-0.4, -0.2) is 41.8 Å². The minimum absolute atomic E-state index is 0.0349. The van der Waals surface area contributed by atoms with Gasteiger partial charge in [0.15, 0.2) is 0 Å². The van der Waals surface area contributed by atoms with Gasteiger partial charge in [-0.25, -0.2) is 4.79 Å². The quantitative estimate of drug-likeness (QED) is 0.865. The molecule has 1 fully saturated rings. The highest BCUT2D eigenvalue weighted by atomic mass is 35.5. The van der Waals surface area contributed by atoms with Crippen molar-refractivity contribution >= 4 is 17.6 Å². The average molecular weight is 339 g/mol. The van der Waals surface area contributed by atoms with Gasteiger partial charge in [-0.15, -0.1) is 0 Å². The second-order valence-electron chi connectivity index (χ2n) is 7.36. The predicted octanol–water partition coefficient (Wildman–Crippen LogP) is 3.32. The van der Waals surface area contributed by atoms with E-state index < -0.39 is 0 Å². The third kappa shape index (κ3) is 5.40. The van der Waals surface area contributed by atoms with Crippen LogP contribution < -0.4 is 5.32 Å². The molecule has 5 heteroatoms. The molecule has 2 atom stereocenters. The molecule has 1 aliphatic heterocycles. The first-order chi connectivity index (χ1) is 10.8. The monoisotopic (exact) mass is 338 g/mol. The number of likely N-dealkylation sites (tertiary alicyclic amines) is 1. The van der Waals surface area contributed by atoms with Gasteiger partial charge < -0.3 is 15.3 Å². The number of hydrogen-bond donors (Lipinski definition) is 2. The number of aliphatic hydroxyl groups is 1. The van der Waals surface area contributed by atoms with Gasteiger partial charge in [0.2, 0.25) is 0 Å². The van der Waals surface area contributed by atoms with Crippen molar-refractivity contribution in [3.63, 3.8) is 0 Å². The van der Waals surface area contributed by atoms with E-state index in [0.717, 1.165) is 24.4 Å². The highest BCUT2D eigenvalue weighted by molar-refractivity contribution is 6.30. The summed E-state index contributed by atoms with van der Waals surface area (Å²) >= 11 is 6.03. The van der Waals surface area contributed by atoms with Gasteiger partial charge in [0.1, 0.15) is 0 Å². The Morgan fingerprint density at radius 2 is 2.26 bits per heavy atom. The number of urea groups is 1. The number of nitrogens with one attached hydrogen (secondary N) is 1. The summed E-state index contributed by atoms with van der Waals surface area (Å²) in [5.74, 6) is 0.195. The molecule has 4 nitrogen and oxygen atoms in total. The number of carbonyl (C=O) groups excluding carboxylic acids is 1. The van der Waals surface area contributed by atoms with E-state index in [1.807, 2.05) is 18.2 Å². The maximum absolute atomic E-state index is 12.3. The van der Waals surface area contributed by atoms with E-state index >= 15 is 0 Å². The Labute approximate surface area is 143 Å². The lowest BCUT2D eigenvalue weighted by molar-refractivity contribution is 0.129. The molecular weight excluding hydrogens is 312 g/mol. The summed E-state index contributed by atoms with van der Waals surface area (Å²) in [4.78, 5) is 14.1. The maximum Gasteiger partial charge on any atom is 0.317 e. The van der Waals surface area contributed by atoms with Crippen LogP contribution in [0.2, 0.25) is 5.02 Å². The molecular formula is C18H27ClN2O2. The standard InChI is InChI=1S/C18H27ClN2O2/c1-13(22)15-7-8-21(11-15)17(23)20-12-18(2,3)10-14-5-4-6-16(19)9-14/h4-6,9,13,15,22H,7-8,10-12H2,1-3H3,(H,20,23)/t13-,15+/m1/s1. The number of benzene rings is 1. The van der Waals surface area contributed by atoms with E-state index in [2.05, 4.69) is 25.2 Å². The van der Waals surface area contributed by atoms with Crippen molar-refractivity contribution in [2.45, 2.75) is 39.7 Å². The molecule has 2 rings (SSSR count). The molecule has 0 unspecified atom stereocenters. The Balaban J connectivity index is 1.83. The Hall–Kier alpha value is -1.26. The molecule has 0 spiro atoms. The molecule has 1 aromatic rings. The minimum Gasteiger partial charge on any atom is -0.393 e. The zero-order valence-corrected chi connectivity index (χ0v) is 14.9. The normalized spacial score (nSPS) is 19.7. The minimum atomic E-state index is -0.355. The highest BCUT2D eigenvalue weighted by Crippen LogP contribution is 2.24. The molecule has 0 aromatic heterocycles. The number of amides is 2. The van der Waals surface area contributed by atoms with Gasteiger partial charge in [0.25, 0.3) is 0 Å². The number of rotatable bonds is 5. The topological polar surface area (TPSA) is 52.6 Å². The van der Waals surface area contributed by atoms with Gasteiger partial charge in [0, 0.05) is 30.6 Å².